The van der Waals surface area contributed by atoms with E-state index < -0.39 is 0 Å². The molecule has 0 bridgehead atoms. The van der Waals surface area contributed by atoms with Gasteiger partial charge in [0.15, 0.2) is 17.5 Å². The molecule has 0 saturated heterocycles. The normalized spacial score (nSPS) is 11.2. The van der Waals surface area contributed by atoms with Crippen LogP contribution in [0.1, 0.15) is 0 Å². The van der Waals surface area contributed by atoms with E-state index in [2.05, 4.69) is 4.98 Å². The molecule has 0 amide bonds. The predicted octanol–water partition coefficient (Wildman–Crippen LogP) is 7.26. The monoisotopic (exact) mass is 595 g/mol. The number of hydrogen-bond donors (Lipinski definition) is 2. The zero-order chi connectivity index (χ0) is 31.0. The zero-order valence-corrected chi connectivity index (χ0v) is 24.4. The smallest absolute Gasteiger partial charge is 0.164 e. The van der Waals surface area contributed by atoms with Crippen molar-refractivity contribution >= 4 is 33.4 Å². The fraction of sp³-hybridized carbons (Fsp3) is 0. The van der Waals surface area contributed by atoms with Crippen molar-refractivity contribution in [2.24, 2.45) is 0 Å². The topological polar surface area (TPSA) is 142 Å². The van der Waals surface area contributed by atoms with E-state index in [1.54, 1.807) is 12.4 Å². The lowest BCUT2D eigenvalue weighted by Crippen LogP contribution is -2.03. The molecule has 0 saturated carbocycles. The zero-order valence-electron chi connectivity index (χ0n) is 24.4. The molecular formula is C37H25N9. The second kappa shape index (κ2) is 11.1. The molecule has 9 heteroatoms. The van der Waals surface area contributed by atoms with E-state index in [4.69, 9.17) is 41.4 Å². The highest BCUT2D eigenvalue weighted by Gasteiger charge is 2.18. The first kappa shape index (κ1) is 27.0. The summed E-state index contributed by atoms with van der Waals surface area (Å²) in [7, 11) is 0. The van der Waals surface area contributed by atoms with E-state index >= 15 is 0 Å². The van der Waals surface area contributed by atoms with E-state index in [0.717, 1.165) is 27.8 Å². The van der Waals surface area contributed by atoms with Gasteiger partial charge in [-0.15, -0.1) is 0 Å². The van der Waals surface area contributed by atoms with Crippen molar-refractivity contribution in [1.82, 2.24) is 34.9 Å². The number of benzene rings is 5. The molecule has 46 heavy (non-hydrogen) atoms. The van der Waals surface area contributed by atoms with Gasteiger partial charge in [-0.3, -0.25) is 0 Å². The first-order chi connectivity index (χ1) is 22.6. The largest absolute Gasteiger partial charge is 0.395 e. The van der Waals surface area contributed by atoms with Gasteiger partial charge >= 0.3 is 0 Å². The summed E-state index contributed by atoms with van der Waals surface area (Å²) in [4.78, 5) is 33.5. The van der Waals surface area contributed by atoms with Gasteiger partial charge in [-0.1, -0.05) is 115 Å². The molecule has 0 aliphatic heterocycles. The van der Waals surface area contributed by atoms with Gasteiger partial charge in [-0.05, 0) is 0 Å². The number of rotatable bonds is 5. The Morgan fingerprint density at radius 3 is 1.07 bits per heavy atom. The third kappa shape index (κ3) is 4.82. The third-order valence-corrected chi connectivity index (χ3v) is 7.78. The Kier molecular flexibility index (Phi) is 6.54. The van der Waals surface area contributed by atoms with Gasteiger partial charge in [0.25, 0.3) is 0 Å². The highest BCUT2D eigenvalue weighted by molar-refractivity contribution is 6.13. The Bertz CT molecular complexity index is 2310. The molecule has 8 rings (SSSR count). The molecule has 9 nitrogen and oxygen atoms in total. The fourth-order valence-electron chi connectivity index (χ4n) is 5.37. The molecule has 0 unspecified atom stereocenters. The first-order valence-corrected chi connectivity index (χ1v) is 14.7. The van der Waals surface area contributed by atoms with E-state index in [1.165, 1.54) is 0 Å². The SMILES string of the molecule is Nc1c(N)c2nc(-c3ccc(-c4nc(-c5ccccc5)nc(-c5ccccc5)n4)cc3)cnc2c2ncc(-c3ccccc3)nc12. The lowest BCUT2D eigenvalue weighted by molar-refractivity contribution is 1.07. The highest BCUT2D eigenvalue weighted by atomic mass is 15.0. The van der Waals surface area contributed by atoms with Crippen molar-refractivity contribution in [2.75, 3.05) is 11.5 Å². The van der Waals surface area contributed by atoms with Gasteiger partial charge < -0.3 is 11.5 Å². The van der Waals surface area contributed by atoms with Crippen LogP contribution in [0.4, 0.5) is 11.4 Å². The minimum atomic E-state index is 0.319. The summed E-state index contributed by atoms with van der Waals surface area (Å²) in [5.41, 5.74) is 21.5. The summed E-state index contributed by atoms with van der Waals surface area (Å²) in [6.45, 7) is 0. The second-order valence-electron chi connectivity index (χ2n) is 10.7. The Labute approximate surface area is 263 Å². The number of anilines is 2. The van der Waals surface area contributed by atoms with E-state index in [1.807, 2.05) is 115 Å². The molecule has 4 N–H and O–H groups in total. The minimum Gasteiger partial charge on any atom is -0.395 e. The molecule has 0 aliphatic carbocycles. The van der Waals surface area contributed by atoms with Gasteiger partial charge in [0.05, 0.1) is 35.2 Å². The molecule has 8 aromatic rings. The van der Waals surface area contributed by atoms with E-state index in [-0.39, 0.29) is 0 Å². The van der Waals surface area contributed by atoms with Gasteiger partial charge in [-0.2, -0.15) is 0 Å². The Balaban J connectivity index is 1.18. The van der Waals surface area contributed by atoms with Gasteiger partial charge in [0.1, 0.15) is 22.1 Å². The van der Waals surface area contributed by atoms with Crippen molar-refractivity contribution in [1.29, 1.82) is 0 Å². The van der Waals surface area contributed by atoms with Crippen molar-refractivity contribution < 1.29 is 0 Å². The first-order valence-electron chi connectivity index (χ1n) is 14.7. The average molecular weight is 596 g/mol. The molecule has 0 atom stereocenters. The maximum Gasteiger partial charge on any atom is 0.164 e. The molecule has 0 fully saturated rings. The minimum absolute atomic E-state index is 0.319. The van der Waals surface area contributed by atoms with Gasteiger partial charge in [-0.25, -0.2) is 34.9 Å². The number of nitrogen functional groups attached to an aromatic ring is 2. The lowest BCUT2D eigenvalue weighted by atomic mass is 10.1. The Morgan fingerprint density at radius 1 is 0.326 bits per heavy atom. The van der Waals surface area contributed by atoms with Gasteiger partial charge in [0, 0.05) is 27.8 Å². The van der Waals surface area contributed by atoms with Crippen LogP contribution in [0.3, 0.4) is 0 Å². The number of nitrogens with zero attached hydrogens (tertiary/aromatic N) is 7. The molecular weight excluding hydrogens is 570 g/mol. The molecule has 3 aromatic heterocycles. The van der Waals surface area contributed by atoms with E-state index in [9.17, 15) is 0 Å². The van der Waals surface area contributed by atoms with Crippen LogP contribution in [0.15, 0.2) is 128 Å². The summed E-state index contributed by atoms with van der Waals surface area (Å²) in [5, 5.41) is 0. The van der Waals surface area contributed by atoms with E-state index in [0.29, 0.717) is 62.3 Å². The van der Waals surface area contributed by atoms with Gasteiger partial charge in [0.2, 0.25) is 0 Å². The quantitative estimate of drug-likeness (QED) is 0.119. The summed E-state index contributed by atoms with van der Waals surface area (Å²) in [5.74, 6) is 1.78. The number of nitrogens with two attached hydrogens (primary N) is 2. The molecule has 5 aromatic carbocycles. The number of fused-ring (bicyclic) bond motifs is 3. The second-order valence-corrected chi connectivity index (χ2v) is 10.7. The van der Waals surface area contributed by atoms with Crippen molar-refractivity contribution in [3.05, 3.63) is 128 Å². The summed E-state index contributed by atoms with van der Waals surface area (Å²) in [6.07, 6.45) is 3.43. The van der Waals surface area contributed by atoms with Crippen LogP contribution in [-0.4, -0.2) is 34.9 Å². The standard InChI is InChI=1S/C37H25N9/c38-29-30(39)32-34(33-31(29)42-27(20-40-33)22-10-4-1-5-11-22)41-21-28(43-32)23-16-18-26(19-17-23)37-45-35(24-12-6-2-7-13-24)44-36(46-37)25-14-8-3-9-15-25/h1-21H,38-39H2. The summed E-state index contributed by atoms with van der Waals surface area (Å²) in [6, 6.07) is 37.4. The van der Waals surface area contributed by atoms with Crippen LogP contribution in [0.2, 0.25) is 0 Å². The molecule has 218 valence electrons. The maximum absolute atomic E-state index is 6.53. The lowest BCUT2D eigenvalue weighted by Gasteiger charge is -2.12. The van der Waals surface area contributed by atoms with Crippen LogP contribution < -0.4 is 11.5 Å². The van der Waals surface area contributed by atoms with Crippen LogP contribution >= 0.6 is 0 Å². The van der Waals surface area contributed by atoms with Crippen molar-refractivity contribution in [3.63, 3.8) is 0 Å². The summed E-state index contributed by atoms with van der Waals surface area (Å²) >= 11 is 0. The Morgan fingerprint density at radius 2 is 0.652 bits per heavy atom. The predicted molar refractivity (Wildman–Crippen MR) is 182 cm³/mol. The summed E-state index contributed by atoms with van der Waals surface area (Å²) < 4.78 is 0. The maximum atomic E-state index is 6.53. The molecule has 0 aliphatic rings. The van der Waals surface area contributed by atoms with Crippen LogP contribution in [0.5, 0.6) is 0 Å². The number of hydrogen-bond acceptors (Lipinski definition) is 9. The van der Waals surface area contributed by atoms with Crippen LogP contribution in [0, 0.1) is 0 Å². The third-order valence-electron chi connectivity index (χ3n) is 7.78. The average Bonchev–Trinajstić information content (AvgIpc) is 3.14. The van der Waals surface area contributed by atoms with Crippen molar-refractivity contribution in [3.8, 4) is 56.7 Å². The molecule has 0 radical (unpaired) electrons. The van der Waals surface area contributed by atoms with Crippen molar-refractivity contribution in [2.45, 2.75) is 0 Å². The van der Waals surface area contributed by atoms with Crippen LogP contribution in [-0.2, 0) is 0 Å². The van der Waals surface area contributed by atoms with Crippen LogP contribution in [0.25, 0.3) is 78.7 Å². The number of aromatic nitrogens is 7. The highest BCUT2D eigenvalue weighted by Crippen LogP contribution is 2.35. The Hall–Kier alpha value is -6.61. The molecule has 0 spiro atoms. The molecule has 3 heterocycles. The fourth-order valence-corrected chi connectivity index (χ4v) is 5.37.